The minimum Gasteiger partial charge on any atom is -0.489 e. The number of para-hydroxylation sites is 1. The highest BCUT2D eigenvalue weighted by Crippen LogP contribution is 2.29. The third-order valence-electron chi connectivity index (χ3n) is 3.59. The molecule has 0 fully saturated rings. The van der Waals surface area contributed by atoms with E-state index in [1.54, 1.807) is 6.20 Å². The molecule has 0 radical (unpaired) electrons. The SMILES string of the molecule is CCC(C)c1ccccc1OCc1cccnc1C(=N)N. The lowest BCUT2D eigenvalue weighted by Crippen LogP contribution is -2.16. The Hall–Kier alpha value is -2.36. The quantitative estimate of drug-likeness (QED) is 0.630. The third-order valence-corrected chi connectivity index (χ3v) is 3.59. The Kier molecular flexibility index (Phi) is 4.93. The number of hydrogen-bond donors (Lipinski definition) is 2. The minimum absolute atomic E-state index is 0.0376. The number of nitrogens with two attached hydrogens (primary N) is 1. The molecule has 0 spiro atoms. The second kappa shape index (κ2) is 6.88. The first-order chi connectivity index (χ1) is 10.1. The number of ether oxygens (including phenoxy) is 1. The van der Waals surface area contributed by atoms with E-state index in [9.17, 15) is 0 Å². The summed E-state index contributed by atoms with van der Waals surface area (Å²) in [7, 11) is 0. The van der Waals surface area contributed by atoms with Crippen LogP contribution >= 0.6 is 0 Å². The molecule has 1 atom stereocenters. The monoisotopic (exact) mass is 283 g/mol. The van der Waals surface area contributed by atoms with Crippen molar-refractivity contribution < 1.29 is 4.74 Å². The van der Waals surface area contributed by atoms with Crippen molar-refractivity contribution >= 4 is 5.84 Å². The van der Waals surface area contributed by atoms with Gasteiger partial charge in [-0.3, -0.25) is 10.4 Å². The van der Waals surface area contributed by atoms with Crippen LogP contribution in [0.3, 0.4) is 0 Å². The van der Waals surface area contributed by atoms with Gasteiger partial charge in [0.05, 0.1) is 0 Å². The van der Waals surface area contributed by atoms with Crippen molar-refractivity contribution in [1.82, 2.24) is 4.98 Å². The Morgan fingerprint density at radius 2 is 2.05 bits per heavy atom. The zero-order chi connectivity index (χ0) is 15.2. The van der Waals surface area contributed by atoms with Gasteiger partial charge in [-0.15, -0.1) is 0 Å². The fourth-order valence-corrected chi connectivity index (χ4v) is 2.19. The fraction of sp³-hybridized carbons (Fsp3) is 0.294. The average Bonchev–Trinajstić information content (AvgIpc) is 2.52. The number of nitrogen functional groups attached to an aromatic ring is 1. The molecule has 1 heterocycles. The van der Waals surface area contributed by atoms with E-state index in [2.05, 4.69) is 24.9 Å². The summed E-state index contributed by atoms with van der Waals surface area (Å²) in [6.45, 7) is 4.71. The molecular weight excluding hydrogens is 262 g/mol. The van der Waals surface area contributed by atoms with Crippen molar-refractivity contribution in [2.45, 2.75) is 32.8 Å². The summed E-state index contributed by atoms with van der Waals surface area (Å²) in [5, 5.41) is 7.56. The predicted molar refractivity (Wildman–Crippen MR) is 84.7 cm³/mol. The smallest absolute Gasteiger partial charge is 0.142 e. The summed E-state index contributed by atoms with van der Waals surface area (Å²) in [5.41, 5.74) is 8.06. The first-order valence-corrected chi connectivity index (χ1v) is 7.13. The molecular formula is C17H21N3O. The molecule has 0 amide bonds. The van der Waals surface area contributed by atoms with Gasteiger partial charge in [0.25, 0.3) is 0 Å². The van der Waals surface area contributed by atoms with Gasteiger partial charge >= 0.3 is 0 Å². The van der Waals surface area contributed by atoms with Gasteiger partial charge in [0.2, 0.25) is 0 Å². The molecule has 1 unspecified atom stereocenters. The second-order valence-corrected chi connectivity index (χ2v) is 5.06. The molecule has 4 nitrogen and oxygen atoms in total. The van der Waals surface area contributed by atoms with Gasteiger partial charge in [-0.1, -0.05) is 38.1 Å². The van der Waals surface area contributed by atoms with Crippen LogP contribution < -0.4 is 10.5 Å². The van der Waals surface area contributed by atoms with Crippen molar-refractivity contribution in [3.05, 3.63) is 59.4 Å². The fourth-order valence-electron chi connectivity index (χ4n) is 2.19. The van der Waals surface area contributed by atoms with Crippen molar-refractivity contribution in [1.29, 1.82) is 5.41 Å². The average molecular weight is 283 g/mol. The van der Waals surface area contributed by atoms with E-state index in [1.807, 2.05) is 30.3 Å². The lowest BCUT2D eigenvalue weighted by molar-refractivity contribution is 0.300. The van der Waals surface area contributed by atoms with Gasteiger partial charge in [-0.25, -0.2) is 0 Å². The molecule has 3 N–H and O–H groups in total. The molecule has 2 rings (SSSR count). The molecule has 1 aromatic carbocycles. The maximum absolute atomic E-state index is 7.56. The number of hydrogen-bond acceptors (Lipinski definition) is 3. The van der Waals surface area contributed by atoms with E-state index < -0.39 is 0 Å². The molecule has 110 valence electrons. The molecule has 4 heteroatoms. The lowest BCUT2D eigenvalue weighted by Gasteiger charge is -2.16. The predicted octanol–water partition coefficient (Wildman–Crippen LogP) is 3.46. The normalized spacial score (nSPS) is 11.9. The van der Waals surface area contributed by atoms with E-state index >= 15 is 0 Å². The first-order valence-electron chi connectivity index (χ1n) is 7.13. The molecule has 0 saturated carbocycles. The molecule has 2 aromatic rings. The second-order valence-electron chi connectivity index (χ2n) is 5.06. The highest BCUT2D eigenvalue weighted by Gasteiger charge is 2.11. The number of rotatable bonds is 6. The number of nitrogens with zero attached hydrogens (tertiary/aromatic N) is 1. The van der Waals surface area contributed by atoms with E-state index in [1.165, 1.54) is 5.56 Å². The Balaban J connectivity index is 2.19. The molecule has 0 aliphatic rings. The maximum atomic E-state index is 7.56. The minimum atomic E-state index is -0.0376. The van der Waals surface area contributed by atoms with E-state index in [0.717, 1.165) is 17.7 Å². The zero-order valence-corrected chi connectivity index (χ0v) is 12.5. The van der Waals surface area contributed by atoms with E-state index in [-0.39, 0.29) is 5.84 Å². The van der Waals surface area contributed by atoms with Crippen LogP contribution in [0.25, 0.3) is 0 Å². The summed E-state index contributed by atoms with van der Waals surface area (Å²) < 4.78 is 5.94. The van der Waals surface area contributed by atoms with Crippen molar-refractivity contribution in [2.75, 3.05) is 0 Å². The van der Waals surface area contributed by atoms with Gasteiger partial charge in [0.1, 0.15) is 23.9 Å². The van der Waals surface area contributed by atoms with Gasteiger partial charge < -0.3 is 10.5 Å². The highest BCUT2D eigenvalue weighted by molar-refractivity contribution is 5.94. The van der Waals surface area contributed by atoms with E-state index in [0.29, 0.717) is 18.2 Å². The van der Waals surface area contributed by atoms with Crippen LogP contribution in [-0.4, -0.2) is 10.8 Å². The van der Waals surface area contributed by atoms with Crippen LogP contribution in [0.1, 0.15) is 43.0 Å². The number of amidine groups is 1. The maximum Gasteiger partial charge on any atom is 0.142 e. The van der Waals surface area contributed by atoms with Crippen LogP contribution in [0, 0.1) is 5.41 Å². The van der Waals surface area contributed by atoms with Crippen LogP contribution in [-0.2, 0) is 6.61 Å². The third kappa shape index (κ3) is 3.60. The lowest BCUT2D eigenvalue weighted by atomic mass is 9.98. The summed E-state index contributed by atoms with van der Waals surface area (Å²) >= 11 is 0. The highest BCUT2D eigenvalue weighted by atomic mass is 16.5. The van der Waals surface area contributed by atoms with Gasteiger partial charge in [-0.2, -0.15) is 0 Å². The molecule has 0 saturated heterocycles. The summed E-state index contributed by atoms with van der Waals surface area (Å²) in [6, 6.07) is 11.8. The van der Waals surface area contributed by atoms with E-state index in [4.69, 9.17) is 15.9 Å². The van der Waals surface area contributed by atoms with Gasteiger partial charge in [0, 0.05) is 11.8 Å². The molecule has 0 aliphatic carbocycles. The summed E-state index contributed by atoms with van der Waals surface area (Å²) in [5.74, 6) is 1.29. The standard InChI is InChI=1S/C17H21N3O/c1-3-12(2)14-8-4-5-9-15(14)21-11-13-7-6-10-20-16(13)17(18)19/h4-10,12H,3,11H2,1-2H3,(H3,18,19). The Bertz CT molecular complexity index is 625. The topological polar surface area (TPSA) is 72.0 Å². The molecule has 0 bridgehead atoms. The largest absolute Gasteiger partial charge is 0.489 e. The molecule has 1 aromatic heterocycles. The number of pyridine rings is 1. The van der Waals surface area contributed by atoms with Crippen molar-refractivity contribution in [2.24, 2.45) is 5.73 Å². The van der Waals surface area contributed by atoms with Crippen molar-refractivity contribution in [3.8, 4) is 5.75 Å². The van der Waals surface area contributed by atoms with Crippen LogP contribution in [0.4, 0.5) is 0 Å². The van der Waals surface area contributed by atoms with Gasteiger partial charge in [0.15, 0.2) is 0 Å². The zero-order valence-electron chi connectivity index (χ0n) is 12.5. The Labute approximate surface area is 125 Å². The summed E-state index contributed by atoms with van der Waals surface area (Å²) in [4.78, 5) is 4.13. The molecule has 21 heavy (non-hydrogen) atoms. The van der Waals surface area contributed by atoms with Crippen LogP contribution in [0.2, 0.25) is 0 Å². The first kappa shape index (κ1) is 15.0. The van der Waals surface area contributed by atoms with Crippen LogP contribution in [0.5, 0.6) is 5.75 Å². The van der Waals surface area contributed by atoms with Crippen LogP contribution in [0.15, 0.2) is 42.6 Å². The number of nitrogens with one attached hydrogen (secondary N) is 1. The number of aromatic nitrogens is 1. The number of benzene rings is 1. The van der Waals surface area contributed by atoms with Crippen molar-refractivity contribution in [3.63, 3.8) is 0 Å². The Morgan fingerprint density at radius 3 is 2.76 bits per heavy atom. The molecule has 0 aliphatic heterocycles. The van der Waals surface area contributed by atoms with Gasteiger partial charge in [-0.05, 0) is 30.0 Å². The summed E-state index contributed by atoms with van der Waals surface area (Å²) in [6.07, 6.45) is 2.69. The Morgan fingerprint density at radius 1 is 1.29 bits per heavy atom.